The van der Waals surface area contributed by atoms with Crippen LogP contribution >= 0.6 is 0 Å². The zero-order chi connectivity index (χ0) is 90.6. The number of rotatable bonds is 47. The van der Waals surface area contributed by atoms with Gasteiger partial charge < -0.3 is 103 Å². The van der Waals surface area contributed by atoms with Gasteiger partial charge >= 0.3 is 41.8 Å². The summed E-state index contributed by atoms with van der Waals surface area (Å²) in [7, 11) is 0. The summed E-state index contributed by atoms with van der Waals surface area (Å²) in [5, 5.41) is 123. The van der Waals surface area contributed by atoms with Crippen LogP contribution in [-0.4, -0.2) is 262 Å². The van der Waals surface area contributed by atoms with Crippen molar-refractivity contribution in [2.24, 2.45) is 0 Å². The van der Waals surface area contributed by atoms with E-state index in [-0.39, 0.29) is 139 Å². The number of benzene rings is 1. The second-order valence-corrected chi connectivity index (χ2v) is 28.2. The van der Waals surface area contributed by atoms with Crippen molar-refractivity contribution in [1.29, 1.82) is 0 Å². The van der Waals surface area contributed by atoms with Gasteiger partial charge in [0.25, 0.3) is 51.8 Å². The molecule has 0 aliphatic rings. The average molecular weight is 1720 g/mol. The molecule has 7 aromatic rings. The molecule has 0 spiro atoms. The molecule has 45 heteroatoms. The summed E-state index contributed by atoms with van der Waals surface area (Å²) in [6.07, 6.45) is 0.415. The first-order chi connectivity index (χ1) is 58.2. The Hall–Kier alpha value is -14.9. The van der Waals surface area contributed by atoms with Gasteiger partial charge in [0.1, 0.15) is 50.0 Å². The number of pyridine rings is 6. The number of hydrogen-bond acceptors (Lipinski definition) is 26. The Morgan fingerprint density at radius 1 is 0.415 bits per heavy atom. The van der Waals surface area contributed by atoms with E-state index in [0.29, 0.717) is 16.8 Å². The van der Waals surface area contributed by atoms with Crippen molar-refractivity contribution in [3.8, 4) is 23.0 Å². The van der Waals surface area contributed by atoms with Crippen molar-refractivity contribution in [1.82, 2.24) is 85.9 Å². The molecule has 0 aliphatic carbocycles. The number of carboxylic acids is 6. The Kier molecular flexibility index (Phi) is 34.6. The summed E-state index contributed by atoms with van der Waals surface area (Å²) in [4.78, 5) is 241. The lowest BCUT2D eigenvalue weighted by Gasteiger charge is -2.26. The number of aryl methyl sites for hydroxylation is 4. The smallest absolute Gasteiger partial charge is 0.326 e. The topological polar surface area (TPSA) is 670 Å². The van der Waals surface area contributed by atoms with Crippen LogP contribution in [0.2, 0.25) is 0 Å². The molecule has 0 radical (unpaired) electrons. The quantitative estimate of drug-likeness (QED) is 0.0177. The molecule has 658 valence electrons. The molecule has 3 atom stereocenters. The lowest BCUT2D eigenvalue weighted by atomic mass is 10.1. The highest BCUT2D eigenvalue weighted by Gasteiger charge is 2.30. The van der Waals surface area contributed by atoms with Crippen molar-refractivity contribution >= 4 is 94.1 Å². The number of urea groups is 1. The van der Waals surface area contributed by atoms with Gasteiger partial charge in [-0.1, -0.05) is 30.3 Å². The maximum atomic E-state index is 13.9. The molecular weight excluding hydrogens is 1620 g/mol. The Bertz CT molecular complexity index is 5350. The summed E-state index contributed by atoms with van der Waals surface area (Å²) < 4.78 is 3.11. The predicted molar refractivity (Wildman–Crippen MR) is 429 cm³/mol. The lowest BCUT2D eigenvalue weighted by Crippen LogP contribution is -2.51. The van der Waals surface area contributed by atoms with Gasteiger partial charge in [-0.15, -0.1) is 0 Å². The maximum Gasteiger partial charge on any atom is 0.326 e. The van der Waals surface area contributed by atoms with Crippen molar-refractivity contribution in [2.75, 3.05) is 72.0 Å². The number of nitrogens with zero attached hydrogens (tertiary/aromatic N) is 8. The van der Waals surface area contributed by atoms with Gasteiger partial charge in [0.15, 0.2) is 23.0 Å². The van der Waals surface area contributed by atoms with Crippen LogP contribution in [0.1, 0.15) is 124 Å². The van der Waals surface area contributed by atoms with E-state index in [9.17, 15) is 132 Å². The van der Waals surface area contributed by atoms with Crippen molar-refractivity contribution in [2.45, 2.75) is 123 Å². The number of unbranched alkanes of at least 4 members (excludes halogenated alkanes) is 1. The first kappa shape index (κ1) is 95.2. The fraction of sp³-hybridized carbons (Fsp3) is 0.385. The van der Waals surface area contributed by atoms with Gasteiger partial charge in [0.2, 0.25) is 11.8 Å². The first-order valence-electron chi connectivity index (χ1n) is 38.1. The van der Waals surface area contributed by atoms with Gasteiger partial charge in [0, 0.05) is 118 Å². The Morgan fingerprint density at radius 3 is 1.23 bits per heavy atom. The molecule has 0 bridgehead atoms. The summed E-state index contributed by atoms with van der Waals surface area (Å²) in [6.45, 7) is 1.34. The molecule has 0 fully saturated rings. The SMILES string of the molecule is Cc1cc(C(=O)NCCN(CCCN(CCNC(=O)c2cc(C)n(CC(=O)O)c(=O)c2O)CCNC(=O)c2cc(C)n(CC(=O)NCc3ccc(C(=O)N[C@@H](Cc4ccc5ccccc5n4)C(=O)NCCCC[C@H](NC(=O)N[C@@H](CCC(=O)O)C(=O)O)C(=O)O)nc3)c(=O)c2O)CCNC(=O)c2cc(C)n(CC(=O)O)c(=O)c2O)c(O)c(=O)n1CC(=O)O. The molecule has 123 heavy (non-hydrogen) atoms. The number of para-hydroxylation sites is 1. The molecule has 6 heterocycles. The summed E-state index contributed by atoms with van der Waals surface area (Å²) in [6, 6.07) is 12.3. The number of aromatic nitrogens is 6. The highest BCUT2D eigenvalue weighted by atomic mass is 16.4. The largest absolute Gasteiger partial charge is 0.502 e. The Morgan fingerprint density at radius 2 is 0.829 bits per heavy atom. The zero-order valence-corrected chi connectivity index (χ0v) is 66.9. The second kappa shape index (κ2) is 44.8. The van der Waals surface area contributed by atoms with Crippen LogP contribution in [0.5, 0.6) is 23.0 Å². The number of carbonyl (C=O) groups is 14. The number of hydrogen-bond donors (Lipinski definition) is 19. The van der Waals surface area contributed by atoms with Crippen LogP contribution in [0.15, 0.2) is 98.2 Å². The minimum Gasteiger partial charge on any atom is -0.502 e. The Balaban J connectivity index is 0.991. The van der Waals surface area contributed by atoms with Crippen LogP contribution in [0.3, 0.4) is 0 Å². The van der Waals surface area contributed by atoms with Crippen molar-refractivity contribution < 1.29 is 118 Å². The molecule has 45 nitrogen and oxygen atoms in total. The number of carboxylic acid groups (broad SMARTS) is 6. The number of aromatic hydroxyl groups is 4. The van der Waals surface area contributed by atoms with E-state index in [1.165, 1.54) is 46.0 Å². The van der Waals surface area contributed by atoms with Crippen molar-refractivity contribution in [3.05, 3.63) is 182 Å². The van der Waals surface area contributed by atoms with Crippen LogP contribution in [0, 0.1) is 27.7 Å². The van der Waals surface area contributed by atoms with E-state index in [2.05, 4.69) is 52.5 Å². The molecule has 0 saturated carbocycles. The molecule has 7 rings (SSSR count). The normalized spacial score (nSPS) is 11.8. The van der Waals surface area contributed by atoms with E-state index >= 15 is 0 Å². The number of amides is 9. The third-order valence-electron chi connectivity index (χ3n) is 19.2. The summed E-state index contributed by atoms with van der Waals surface area (Å²) in [5.74, 6) is -18.6. The zero-order valence-electron chi connectivity index (χ0n) is 66.9. The van der Waals surface area contributed by atoms with Crippen LogP contribution in [-0.2, 0) is 77.5 Å². The molecule has 1 aromatic carbocycles. The van der Waals surface area contributed by atoms with E-state index < -0.39 is 208 Å². The molecule has 0 aliphatic heterocycles. The fourth-order valence-corrected chi connectivity index (χ4v) is 12.7. The van der Waals surface area contributed by atoms with E-state index in [1.807, 2.05) is 17.4 Å². The van der Waals surface area contributed by atoms with Crippen molar-refractivity contribution in [3.63, 3.8) is 0 Å². The lowest BCUT2D eigenvalue weighted by molar-refractivity contribution is -0.141. The molecule has 0 saturated heterocycles. The maximum absolute atomic E-state index is 13.9. The summed E-state index contributed by atoms with van der Waals surface area (Å²) >= 11 is 0. The highest BCUT2D eigenvalue weighted by Crippen LogP contribution is 2.20. The van der Waals surface area contributed by atoms with E-state index in [1.54, 1.807) is 34.1 Å². The van der Waals surface area contributed by atoms with Crippen LogP contribution in [0.4, 0.5) is 4.79 Å². The minimum absolute atomic E-state index is 0.0211. The Labute approximate surface area is 696 Å². The minimum atomic E-state index is -1.62. The van der Waals surface area contributed by atoms with Gasteiger partial charge in [-0.2, -0.15) is 0 Å². The molecule has 0 unspecified atom stereocenters. The third kappa shape index (κ3) is 27.6. The second-order valence-electron chi connectivity index (χ2n) is 28.2. The highest BCUT2D eigenvalue weighted by molar-refractivity contribution is 6.00. The summed E-state index contributed by atoms with van der Waals surface area (Å²) in [5.41, 5.74) is -5.17. The van der Waals surface area contributed by atoms with E-state index in [4.69, 9.17) is 5.11 Å². The molecule has 19 N–H and O–H groups in total. The molecule has 6 aromatic heterocycles. The van der Waals surface area contributed by atoms with Gasteiger partial charge in [-0.3, -0.25) is 105 Å². The van der Waals surface area contributed by atoms with Crippen LogP contribution < -0.4 is 70.1 Å². The number of nitrogens with one attached hydrogen (secondary N) is 9. The van der Waals surface area contributed by atoms with Gasteiger partial charge in [-0.05, 0) is 121 Å². The first-order valence-corrected chi connectivity index (χ1v) is 38.1. The number of carbonyl (C=O) groups excluding carboxylic acids is 8. The molecular formula is C78H93N17O28. The third-order valence-corrected chi connectivity index (χ3v) is 19.2. The standard InChI is InChI=1S/C78H93N17O28/c1-41-30-48(62(105)72(115)92(41)37-57(96)85-36-45-13-16-53(84-35-45)71(114)87-56(34-47-15-14-46-10-5-6-11-52(46)86-47)70(113)79-19-8-7-12-54(76(119)120)88-78(123)89-55(77(121)122)17-18-58(97)98)66(109)80-20-26-90(27-21-81-67(110)49-31-42(2)93(38-59(99)100)73(116)63(49)106)24-9-25-91(28-22-82-68(111)50-32-43(3)94(39-60(101)102)74(117)64(50)107)29-23-83-69(112)51-33-44(4)95(40-61(103)104)75(118)65(51)108/h5-6,10-11,13-16,30-33,35,54-56,105-108H,7-9,12,17-29,34,36-40H2,1-4H3,(H,79,113)(H,80,109)(H,81,110)(H,82,111)(H,83,112)(H,85,96)(H,87,114)(H,97,98)(H,99,100)(H,101,102)(H,103,104)(H,119,120)(H,121,122)(H2,88,89,123)/t54-,55-,56-/m0/s1. The number of fused-ring (bicyclic) bond motifs is 1. The average Bonchev–Trinajstić information content (AvgIpc) is 0.814. The molecule has 9 amide bonds. The van der Waals surface area contributed by atoms with E-state index in [0.717, 1.165) is 47.9 Å². The van der Waals surface area contributed by atoms with Crippen LogP contribution in [0.25, 0.3) is 10.9 Å². The van der Waals surface area contributed by atoms with Gasteiger partial charge in [0.05, 0.1) is 27.8 Å². The number of aliphatic carboxylic acids is 6. The van der Waals surface area contributed by atoms with Gasteiger partial charge in [-0.25, -0.2) is 14.4 Å². The fourth-order valence-electron chi connectivity index (χ4n) is 12.7. The predicted octanol–water partition coefficient (Wildman–Crippen LogP) is -2.39. The monoisotopic (exact) mass is 1720 g/mol.